The summed E-state index contributed by atoms with van der Waals surface area (Å²) in [6.07, 6.45) is 6.04. The standard InChI is InChI=1S/C16H23NOS/c1-2-17(15-8-3-4-9-15)13-16-14(10-12-19-16)7-5-6-11-18/h10,12,15,18H,2-4,6,8-9,11,13H2,1H3. The van der Waals surface area contributed by atoms with Gasteiger partial charge in [-0.15, -0.1) is 11.3 Å². The first-order valence-corrected chi connectivity index (χ1v) is 8.13. The van der Waals surface area contributed by atoms with E-state index in [1.165, 1.54) is 30.6 Å². The normalized spacial score (nSPS) is 15.7. The van der Waals surface area contributed by atoms with Crippen molar-refractivity contribution in [1.29, 1.82) is 0 Å². The van der Waals surface area contributed by atoms with E-state index in [1.807, 2.05) is 0 Å². The summed E-state index contributed by atoms with van der Waals surface area (Å²) in [6.45, 7) is 4.55. The number of thiophene rings is 1. The average Bonchev–Trinajstić information content (AvgIpc) is 3.07. The highest BCUT2D eigenvalue weighted by atomic mass is 32.1. The number of aliphatic hydroxyl groups excluding tert-OH is 1. The van der Waals surface area contributed by atoms with Crippen molar-refractivity contribution >= 4 is 11.3 Å². The summed E-state index contributed by atoms with van der Waals surface area (Å²) in [5.74, 6) is 6.21. The van der Waals surface area contributed by atoms with E-state index in [1.54, 1.807) is 11.3 Å². The molecule has 1 heterocycles. The van der Waals surface area contributed by atoms with Crippen LogP contribution in [0.4, 0.5) is 0 Å². The summed E-state index contributed by atoms with van der Waals surface area (Å²) in [6, 6.07) is 2.87. The zero-order valence-electron chi connectivity index (χ0n) is 11.7. The molecular formula is C16H23NOS. The van der Waals surface area contributed by atoms with Crippen molar-refractivity contribution < 1.29 is 5.11 Å². The van der Waals surface area contributed by atoms with Crippen LogP contribution >= 0.6 is 11.3 Å². The first-order chi connectivity index (χ1) is 9.35. The molecule has 0 aromatic carbocycles. The number of rotatable bonds is 5. The predicted molar refractivity (Wildman–Crippen MR) is 81.2 cm³/mol. The minimum absolute atomic E-state index is 0.148. The van der Waals surface area contributed by atoms with Gasteiger partial charge in [-0.05, 0) is 30.8 Å². The van der Waals surface area contributed by atoms with Gasteiger partial charge in [-0.25, -0.2) is 0 Å². The predicted octanol–water partition coefficient (Wildman–Crippen LogP) is 3.25. The number of aliphatic hydroxyl groups is 1. The lowest BCUT2D eigenvalue weighted by Crippen LogP contribution is -2.32. The van der Waals surface area contributed by atoms with Crippen LogP contribution in [-0.2, 0) is 6.54 Å². The lowest BCUT2D eigenvalue weighted by Gasteiger charge is -2.27. The van der Waals surface area contributed by atoms with Gasteiger partial charge in [-0.1, -0.05) is 31.6 Å². The number of hydrogen-bond acceptors (Lipinski definition) is 3. The fourth-order valence-corrected chi connectivity index (χ4v) is 3.60. The summed E-state index contributed by atoms with van der Waals surface area (Å²) in [4.78, 5) is 3.97. The summed E-state index contributed by atoms with van der Waals surface area (Å²) < 4.78 is 0. The molecule has 1 aromatic heterocycles. The number of hydrogen-bond donors (Lipinski definition) is 1. The fraction of sp³-hybridized carbons (Fsp3) is 0.625. The van der Waals surface area contributed by atoms with Crippen molar-refractivity contribution in [1.82, 2.24) is 4.90 Å². The van der Waals surface area contributed by atoms with Gasteiger partial charge in [0.1, 0.15) is 0 Å². The van der Waals surface area contributed by atoms with Crippen LogP contribution in [0, 0.1) is 11.8 Å². The Bertz CT molecular complexity index is 437. The molecule has 0 amide bonds. The van der Waals surface area contributed by atoms with E-state index in [4.69, 9.17) is 5.11 Å². The van der Waals surface area contributed by atoms with Crippen LogP contribution in [0.3, 0.4) is 0 Å². The van der Waals surface area contributed by atoms with Gasteiger partial charge in [0.25, 0.3) is 0 Å². The molecule has 104 valence electrons. The Kier molecular flexibility index (Phi) is 5.91. The van der Waals surface area contributed by atoms with Crippen molar-refractivity contribution in [2.45, 2.75) is 51.6 Å². The molecule has 0 unspecified atom stereocenters. The quantitative estimate of drug-likeness (QED) is 0.835. The molecule has 1 aliphatic carbocycles. The van der Waals surface area contributed by atoms with Gasteiger partial charge < -0.3 is 5.11 Å². The summed E-state index contributed by atoms with van der Waals surface area (Å²) in [7, 11) is 0. The molecule has 1 fully saturated rings. The molecule has 3 heteroatoms. The van der Waals surface area contributed by atoms with Crippen LogP contribution < -0.4 is 0 Å². The molecule has 1 N–H and O–H groups in total. The third-order valence-corrected chi connectivity index (χ3v) is 4.70. The highest BCUT2D eigenvalue weighted by Gasteiger charge is 2.22. The summed E-state index contributed by atoms with van der Waals surface area (Å²) in [5, 5.41) is 10.9. The molecule has 2 nitrogen and oxygen atoms in total. The monoisotopic (exact) mass is 277 g/mol. The van der Waals surface area contributed by atoms with Crippen LogP contribution in [0.2, 0.25) is 0 Å². The molecule has 0 saturated heterocycles. The molecule has 0 bridgehead atoms. The van der Waals surface area contributed by atoms with Crippen molar-refractivity contribution in [2.24, 2.45) is 0 Å². The van der Waals surface area contributed by atoms with Crippen LogP contribution in [-0.4, -0.2) is 29.2 Å². The van der Waals surface area contributed by atoms with Crippen molar-refractivity contribution in [2.75, 3.05) is 13.2 Å². The molecular weight excluding hydrogens is 254 g/mol. The lowest BCUT2D eigenvalue weighted by atomic mass is 10.2. The molecule has 1 aromatic rings. The molecule has 19 heavy (non-hydrogen) atoms. The third-order valence-electron chi connectivity index (χ3n) is 3.80. The zero-order chi connectivity index (χ0) is 13.5. The molecule has 0 atom stereocenters. The van der Waals surface area contributed by atoms with E-state index in [0.717, 1.165) is 24.7 Å². The molecule has 0 radical (unpaired) electrons. The highest BCUT2D eigenvalue weighted by Crippen LogP contribution is 2.26. The van der Waals surface area contributed by atoms with Gasteiger partial charge >= 0.3 is 0 Å². The first kappa shape index (κ1) is 14.6. The van der Waals surface area contributed by atoms with Crippen molar-refractivity contribution in [3.63, 3.8) is 0 Å². The first-order valence-electron chi connectivity index (χ1n) is 7.25. The van der Waals surface area contributed by atoms with E-state index in [2.05, 4.69) is 35.1 Å². The molecule has 1 saturated carbocycles. The van der Waals surface area contributed by atoms with Gasteiger partial charge in [0, 0.05) is 29.4 Å². The molecule has 0 spiro atoms. The smallest absolute Gasteiger partial charge is 0.0540 e. The Labute approximate surface area is 120 Å². The number of nitrogens with zero attached hydrogens (tertiary/aromatic N) is 1. The van der Waals surface area contributed by atoms with Gasteiger partial charge in [-0.2, -0.15) is 0 Å². The summed E-state index contributed by atoms with van der Waals surface area (Å²) in [5.41, 5.74) is 1.15. The van der Waals surface area contributed by atoms with Crippen LogP contribution in [0.15, 0.2) is 11.4 Å². The van der Waals surface area contributed by atoms with Crippen LogP contribution in [0.25, 0.3) is 0 Å². The second kappa shape index (κ2) is 7.69. The van der Waals surface area contributed by atoms with Crippen molar-refractivity contribution in [3.8, 4) is 11.8 Å². The van der Waals surface area contributed by atoms with Gasteiger partial charge in [-0.3, -0.25) is 4.90 Å². The van der Waals surface area contributed by atoms with E-state index in [9.17, 15) is 0 Å². The molecule has 1 aliphatic rings. The Morgan fingerprint density at radius 1 is 1.42 bits per heavy atom. The SMILES string of the molecule is CCN(Cc1sccc1C#CCCO)C1CCCC1. The Morgan fingerprint density at radius 2 is 2.21 bits per heavy atom. The maximum absolute atomic E-state index is 8.78. The minimum atomic E-state index is 0.148. The van der Waals surface area contributed by atoms with Crippen LogP contribution in [0.5, 0.6) is 0 Å². The van der Waals surface area contributed by atoms with E-state index >= 15 is 0 Å². The minimum Gasteiger partial charge on any atom is -0.395 e. The van der Waals surface area contributed by atoms with E-state index in [0.29, 0.717) is 6.42 Å². The zero-order valence-corrected chi connectivity index (χ0v) is 12.5. The summed E-state index contributed by atoms with van der Waals surface area (Å²) >= 11 is 1.80. The molecule has 0 aliphatic heterocycles. The van der Waals surface area contributed by atoms with Gasteiger partial charge in [0.05, 0.1) is 6.61 Å². The second-order valence-electron chi connectivity index (χ2n) is 5.03. The maximum Gasteiger partial charge on any atom is 0.0540 e. The second-order valence-corrected chi connectivity index (χ2v) is 6.03. The maximum atomic E-state index is 8.78. The Hall–Kier alpha value is -0.820. The average molecular weight is 277 g/mol. The third kappa shape index (κ3) is 4.07. The Balaban J connectivity index is 2.01. The van der Waals surface area contributed by atoms with Crippen molar-refractivity contribution in [3.05, 3.63) is 21.9 Å². The molecule has 2 rings (SSSR count). The topological polar surface area (TPSA) is 23.5 Å². The van der Waals surface area contributed by atoms with Gasteiger partial charge in [0.2, 0.25) is 0 Å². The lowest BCUT2D eigenvalue weighted by molar-refractivity contribution is 0.202. The van der Waals surface area contributed by atoms with E-state index < -0.39 is 0 Å². The van der Waals surface area contributed by atoms with E-state index in [-0.39, 0.29) is 6.61 Å². The fourth-order valence-electron chi connectivity index (χ4n) is 2.74. The Morgan fingerprint density at radius 3 is 2.89 bits per heavy atom. The largest absolute Gasteiger partial charge is 0.395 e. The van der Waals surface area contributed by atoms with Crippen LogP contribution in [0.1, 0.15) is 49.5 Å². The van der Waals surface area contributed by atoms with Gasteiger partial charge in [0.15, 0.2) is 0 Å². The highest BCUT2D eigenvalue weighted by molar-refractivity contribution is 7.10.